The highest BCUT2D eigenvalue weighted by Gasteiger charge is 2.13. The number of nitrogens with zero attached hydrogens (tertiary/aromatic N) is 1. The lowest BCUT2D eigenvalue weighted by Gasteiger charge is -2.23. The molecule has 0 atom stereocenters. The quantitative estimate of drug-likeness (QED) is 0.356. The van der Waals surface area contributed by atoms with E-state index >= 15 is 0 Å². The van der Waals surface area contributed by atoms with Gasteiger partial charge in [-0.05, 0) is 80.2 Å². The van der Waals surface area contributed by atoms with Crippen LogP contribution in [0.4, 0.5) is 0 Å². The molecule has 0 aliphatic heterocycles. The molecule has 3 nitrogen and oxygen atoms in total. The van der Waals surface area contributed by atoms with Gasteiger partial charge in [0.05, 0.1) is 6.61 Å². The number of benzene rings is 2. The van der Waals surface area contributed by atoms with Crippen molar-refractivity contribution in [2.45, 2.75) is 46.1 Å². The Kier molecular flexibility index (Phi) is 8.53. The van der Waals surface area contributed by atoms with Crippen LogP contribution >= 0.6 is 11.3 Å². The number of hydrogen-bond acceptors (Lipinski definition) is 4. The Labute approximate surface area is 179 Å². The van der Waals surface area contributed by atoms with E-state index in [1.807, 2.05) is 11.3 Å². The topological polar surface area (TPSA) is 38.5 Å². The number of unbranched alkanes of at least 4 members (excludes halogenated alkanes) is 1. The average molecular weight is 411 g/mol. The summed E-state index contributed by atoms with van der Waals surface area (Å²) in [5.74, 6) is 1.00. The van der Waals surface area contributed by atoms with Crippen LogP contribution in [-0.4, -0.2) is 31.1 Å². The van der Waals surface area contributed by atoms with E-state index in [9.17, 15) is 0 Å². The van der Waals surface area contributed by atoms with Crippen molar-refractivity contribution in [2.75, 3.05) is 26.2 Å². The molecule has 156 valence electrons. The number of ether oxygens (including phenoxy) is 1. The Morgan fingerprint density at radius 3 is 2.59 bits per heavy atom. The molecular formula is C25H34N2OS. The van der Waals surface area contributed by atoms with Gasteiger partial charge in [0.1, 0.15) is 5.75 Å². The third kappa shape index (κ3) is 6.05. The zero-order chi connectivity index (χ0) is 20.5. The fourth-order valence-corrected chi connectivity index (χ4v) is 4.65. The maximum absolute atomic E-state index is 6.11. The second-order valence-corrected chi connectivity index (χ2v) is 8.68. The Bertz CT molecular complexity index is 856. The van der Waals surface area contributed by atoms with Crippen molar-refractivity contribution in [3.8, 4) is 16.2 Å². The summed E-state index contributed by atoms with van der Waals surface area (Å²) >= 11 is 1.86. The minimum absolute atomic E-state index is 0.660. The molecule has 0 fully saturated rings. The second-order valence-electron chi connectivity index (χ2n) is 7.59. The van der Waals surface area contributed by atoms with Gasteiger partial charge < -0.3 is 10.5 Å². The van der Waals surface area contributed by atoms with Gasteiger partial charge in [-0.15, -0.1) is 11.3 Å². The molecule has 1 heterocycles. The molecule has 0 aliphatic rings. The minimum Gasteiger partial charge on any atom is -0.493 e. The summed E-state index contributed by atoms with van der Waals surface area (Å²) in [6.45, 7) is 9.04. The van der Waals surface area contributed by atoms with Crippen LogP contribution in [0.2, 0.25) is 0 Å². The zero-order valence-corrected chi connectivity index (χ0v) is 18.6. The van der Waals surface area contributed by atoms with Gasteiger partial charge in [0.15, 0.2) is 0 Å². The smallest absolute Gasteiger partial charge is 0.123 e. The van der Waals surface area contributed by atoms with Crippen molar-refractivity contribution in [1.29, 1.82) is 0 Å². The Morgan fingerprint density at radius 1 is 0.966 bits per heavy atom. The molecule has 0 saturated carbocycles. The van der Waals surface area contributed by atoms with E-state index in [4.69, 9.17) is 10.5 Å². The van der Waals surface area contributed by atoms with Crippen molar-refractivity contribution >= 4 is 21.4 Å². The second kappa shape index (κ2) is 11.3. The van der Waals surface area contributed by atoms with E-state index in [0.29, 0.717) is 13.2 Å². The summed E-state index contributed by atoms with van der Waals surface area (Å²) in [6, 6.07) is 17.6. The number of hydrogen-bond donors (Lipinski definition) is 1. The highest BCUT2D eigenvalue weighted by Crippen LogP contribution is 2.35. The van der Waals surface area contributed by atoms with Gasteiger partial charge in [-0.1, -0.05) is 38.5 Å². The normalized spacial score (nSPS) is 11.4. The number of nitrogens with two attached hydrogens (primary N) is 1. The summed E-state index contributed by atoms with van der Waals surface area (Å²) in [4.78, 5) is 3.88. The molecule has 2 aromatic carbocycles. The Hall–Kier alpha value is -1.88. The van der Waals surface area contributed by atoms with Crippen LogP contribution < -0.4 is 10.5 Å². The predicted octanol–water partition coefficient (Wildman–Crippen LogP) is 6.31. The molecule has 0 saturated heterocycles. The molecule has 0 radical (unpaired) electrons. The number of rotatable bonds is 12. The highest BCUT2D eigenvalue weighted by molar-refractivity contribution is 7.22. The maximum atomic E-state index is 6.11. The summed E-state index contributed by atoms with van der Waals surface area (Å²) < 4.78 is 7.44. The first-order chi connectivity index (χ1) is 14.2. The van der Waals surface area contributed by atoms with E-state index in [1.165, 1.54) is 45.4 Å². The van der Waals surface area contributed by atoms with Crippen molar-refractivity contribution in [3.63, 3.8) is 0 Å². The largest absolute Gasteiger partial charge is 0.493 e. The van der Waals surface area contributed by atoms with Gasteiger partial charge in [0.2, 0.25) is 0 Å². The average Bonchev–Trinajstić information content (AvgIpc) is 3.17. The van der Waals surface area contributed by atoms with E-state index in [-0.39, 0.29) is 0 Å². The van der Waals surface area contributed by atoms with Gasteiger partial charge in [-0.2, -0.15) is 0 Å². The van der Waals surface area contributed by atoms with Crippen LogP contribution in [-0.2, 0) is 6.54 Å². The molecule has 3 rings (SSSR count). The molecule has 4 heteroatoms. The first-order valence-electron chi connectivity index (χ1n) is 10.9. The summed E-state index contributed by atoms with van der Waals surface area (Å²) in [5, 5.41) is 1.31. The zero-order valence-electron chi connectivity index (χ0n) is 17.8. The number of thiophene rings is 1. The lowest BCUT2D eigenvalue weighted by molar-refractivity contribution is 0.251. The summed E-state index contributed by atoms with van der Waals surface area (Å²) in [6.07, 6.45) is 4.51. The van der Waals surface area contributed by atoms with Gasteiger partial charge in [-0.3, -0.25) is 4.90 Å². The minimum atomic E-state index is 0.660. The SMILES string of the molecule is CCCCN(CCC)Cc1cc(-c2cc3ccccc3s2)ccc1OCCCN. The van der Waals surface area contributed by atoms with Gasteiger partial charge >= 0.3 is 0 Å². The molecule has 2 N–H and O–H groups in total. The van der Waals surface area contributed by atoms with Gasteiger partial charge in [0.25, 0.3) is 0 Å². The highest BCUT2D eigenvalue weighted by atomic mass is 32.1. The van der Waals surface area contributed by atoms with Crippen LogP contribution in [0.5, 0.6) is 5.75 Å². The summed E-state index contributed by atoms with van der Waals surface area (Å²) in [7, 11) is 0. The van der Waals surface area contributed by atoms with E-state index in [2.05, 4.69) is 67.3 Å². The van der Waals surface area contributed by atoms with Gasteiger partial charge in [0, 0.05) is 21.7 Å². The van der Waals surface area contributed by atoms with Crippen LogP contribution in [0.3, 0.4) is 0 Å². The first-order valence-corrected chi connectivity index (χ1v) is 11.7. The standard InChI is InChI=1S/C25H34N2OS/c1-3-5-15-27(14-4-2)19-22-17-21(11-12-23(22)28-16-8-13-26)25-18-20-9-6-7-10-24(20)29-25/h6-7,9-12,17-18H,3-5,8,13-16,19,26H2,1-2H3. The molecule has 0 aliphatic carbocycles. The third-order valence-corrected chi connectivity index (χ3v) is 6.30. The van der Waals surface area contributed by atoms with E-state index in [1.54, 1.807) is 0 Å². The fourth-order valence-electron chi connectivity index (χ4n) is 3.60. The lowest BCUT2D eigenvalue weighted by atomic mass is 10.1. The first kappa shape index (κ1) is 21.8. The molecule has 1 aromatic heterocycles. The third-order valence-electron chi connectivity index (χ3n) is 5.14. The molecule has 0 bridgehead atoms. The molecule has 0 amide bonds. The van der Waals surface area contributed by atoms with Crippen LogP contribution in [0.25, 0.3) is 20.5 Å². The maximum Gasteiger partial charge on any atom is 0.123 e. The molecule has 0 spiro atoms. The van der Waals surface area contributed by atoms with E-state index in [0.717, 1.165) is 31.8 Å². The lowest BCUT2D eigenvalue weighted by Crippen LogP contribution is -2.25. The summed E-state index contributed by atoms with van der Waals surface area (Å²) in [5.41, 5.74) is 8.21. The number of fused-ring (bicyclic) bond motifs is 1. The van der Waals surface area contributed by atoms with Crippen molar-refractivity contribution in [3.05, 3.63) is 54.1 Å². The van der Waals surface area contributed by atoms with Crippen LogP contribution in [0, 0.1) is 0 Å². The monoisotopic (exact) mass is 410 g/mol. The molecule has 0 unspecified atom stereocenters. The van der Waals surface area contributed by atoms with Crippen molar-refractivity contribution in [2.24, 2.45) is 5.73 Å². The van der Waals surface area contributed by atoms with Crippen LogP contribution in [0.1, 0.15) is 45.1 Å². The molecular weight excluding hydrogens is 376 g/mol. The predicted molar refractivity (Wildman–Crippen MR) is 127 cm³/mol. The van der Waals surface area contributed by atoms with Crippen molar-refractivity contribution in [1.82, 2.24) is 4.90 Å². The molecule has 3 aromatic rings. The Balaban J connectivity index is 1.89. The molecule has 29 heavy (non-hydrogen) atoms. The van der Waals surface area contributed by atoms with Crippen molar-refractivity contribution < 1.29 is 4.74 Å². The van der Waals surface area contributed by atoms with Gasteiger partial charge in [-0.25, -0.2) is 0 Å². The fraction of sp³-hybridized carbons (Fsp3) is 0.440. The van der Waals surface area contributed by atoms with E-state index < -0.39 is 0 Å². The Morgan fingerprint density at radius 2 is 1.83 bits per heavy atom. The van der Waals surface area contributed by atoms with Crippen LogP contribution in [0.15, 0.2) is 48.5 Å².